The second-order valence-electron chi connectivity index (χ2n) is 11.2. The zero-order valence-corrected chi connectivity index (χ0v) is 25.2. The number of carbonyl (C=O) groups excluding carboxylic acids is 5. The summed E-state index contributed by atoms with van der Waals surface area (Å²) in [4.78, 5) is 73.6. The fourth-order valence-electron chi connectivity index (χ4n) is 6.08. The highest BCUT2D eigenvalue weighted by Crippen LogP contribution is 2.38. The van der Waals surface area contributed by atoms with E-state index in [1.165, 1.54) is 24.6 Å². The third-order valence-corrected chi connectivity index (χ3v) is 9.13. The molecule has 1 fully saturated rings. The van der Waals surface area contributed by atoms with Gasteiger partial charge in [0.25, 0.3) is 5.91 Å². The van der Waals surface area contributed by atoms with Crippen molar-refractivity contribution in [1.29, 1.82) is 0 Å². The zero-order chi connectivity index (χ0) is 31.0. The van der Waals surface area contributed by atoms with Crippen molar-refractivity contribution in [2.75, 3.05) is 26.7 Å². The second-order valence-corrected chi connectivity index (χ2v) is 12.0. The normalized spacial score (nSPS) is 19.8. The molecule has 3 aromatic rings. The van der Waals surface area contributed by atoms with Crippen LogP contribution >= 0.6 is 11.3 Å². The summed E-state index contributed by atoms with van der Waals surface area (Å²) in [6.45, 7) is 2.95. The maximum atomic E-state index is 13.9. The Labute approximate surface area is 258 Å². The highest BCUT2D eigenvalue weighted by molar-refractivity contribution is 7.11. The molecule has 4 heterocycles. The van der Waals surface area contributed by atoms with E-state index in [9.17, 15) is 24.0 Å². The number of fused-ring (bicyclic) bond motifs is 2. The Morgan fingerprint density at radius 3 is 2.55 bits per heavy atom. The van der Waals surface area contributed by atoms with Gasteiger partial charge in [0.15, 0.2) is 6.21 Å². The molecule has 0 radical (unpaired) electrons. The Bertz CT molecular complexity index is 1650. The van der Waals surface area contributed by atoms with Crippen molar-refractivity contribution < 1.29 is 33.3 Å². The van der Waals surface area contributed by atoms with Gasteiger partial charge < -0.3 is 19.9 Å². The van der Waals surface area contributed by atoms with E-state index in [2.05, 4.69) is 10.3 Å². The van der Waals surface area contributed by atoms with Crippen LogP contribution in [0.1, 0.15) is 67.3 Å². The lowest BCUT2D eigenvalue weighted by Gasteiger charge is -2.36. The fraction of sp³-hybridized carbons (Fsp3) is 0.344. The Balaban J connectivity index is 1.35. The topological polar surface area (TPSA) is 129 Å². The lowest BCUT2D eigenvalue weighted by molar-refractivity contribution is -0.321. The van der Waals surface area contributed by atoms with Crippen molar-refractivity contribution >= 4 is 47.1 Å². The summed E-state index contributed by atoms with van der Waals surface area (Å²) in [6, 6.07) is 11.5. The number of nitrogens with one attached hydrogen (secondary N) is 1. The van der Waals surface area contributed by atoms with Gasteiger partial charge in [-0.2, -0.15) is 0 Å². The summed E-state index contributed by atoms with van der Waals surface area (Å²) in [5, 5.41) is 2.56. The number of likely N-dealkylation sites (tertiary alicyclic amines) is 1. The van der Waals surface area contributed by atoms with Gasteiger partial charge in [0, 0.05) is 44.5 Å². The predicted octanol–water partition coefficient (Wildman–Crippen LogP) is 2.71. The lowest BCUT2D eigenvalue weighted by Crippen LogP contribution is -2.45. The average molecular weight is 615 g/mol. The van der Waals surface area contributed by atoms with E-state index in [4.69, 9.17) is 4.74 Å². The molecule has 44 heavy (non-hydrogen) atoms. The third-order valence-electron chi connectivity index (χ3n) is 8.37. The molecular formula is C32H32N5O6S+. The minimum atomic E-state index is -0.812. The summed E-state index contributed by atoms with van der Waals surface area (Å²) in [7, 11) is 1.52. The summed E-state index contributed by atoms with van der Waals surface area (Å²) >= 11 is 1.29. The van der Waals surface area contributed by atoms with Crippen molar-refractivity contribution in [3.8, 4) is 5.75 Å². The van der Waals surface area contributed by atoms with Crippen LogP contribution in [0.25, 0.3) is 0 Å². The van der Waals surface area contributed by atoms with E-state index in [0.29, 0.717) is 59.8 Å². The molecule has 2 aromatic carbocycles. The van der Waals surface area contributed by atoms with Gasteiger partial charge in [0.1, 0.15) is 33.9 Å². The Morgan fingerprint density at radius 1 is 1.11 bits per heavy atom. The molecule has 5 amide bonds. The van der Waals surface area contributed by atoms with Crippen LogP contribution in [0, 0.1) is 5.92 Å². The molecule has 12 heteroatoms. The number of imide groups is 1. The van der Waals surface area contributed by atoms with Crippen molar-refractivity contribution in [2.24, 2.45) is 5.92 Å². The molecule has 11 nitrogen and oxygen atoms in total. The molecule has 3 aliphatic rings. The Hall–Kier alpha value is -4.71. The second kappa shape index (κ2) is 12.1. The quantitative estimate of drug-likeness (QED) is 0.320. The Morgan fingerprint density at radius 2 is 1.86 bits per heavy atom. The molecule has 3 aliphatic heterocycles. The van der Waals surface area contributed by atoms with Crippen LogP contribution in [0.5, 0.6) is 5.75 Å². The maximum Gasteiger partial charge on any atom is 0.428 e. The van der Waals surface area contributed by atoms with Gasteiger partial charge >= 0.3 is 11.8 Å². The van der Waals surface area contributed by atoms with E-state index < -0.39 is 23.8 Å². The summed E-state index contributed by atoms with van der Waals surface area (Å²) < 4.78 is 7.61. The monoisotopic (exact) mass is 614 g/mol. The molecule has 0 bridgehead atoms. The zero-order valence-electron chi connectivity index (χ0n) is 24.4. The van der Waals surface area contributed by atoms with Crippen LogP contribution in [0.15, 0.2) is 54.2 Å². The number of hydrogen-bond donors (Lipinski definition) is 1. The Kier molecular flexibility index (Phi) is 8.09. The van der Waals surface area contributed by atoms with Gasteiger partial charge in [-0.3, -0.25) is 19.4 Å². The van der Waals surface area contributed by atoms with Gasteiger partial charge in [-0.25, -0.2) is 9.59 Å². The maximum absolute atomic E-state index is 13.9. The number of rotatable bonds is 7. The van der Waals surface area contributed by atoms with Crippen molar-refractivity contribution in [2.45, 2.75) is 38.3 Å². The van der Waals surface area contributed by atoms with Crippen LogP contribution in [0.4, 0.5) is 0 Å². The van der Waals surface area contributed by atoms with Crippen LogP contribution < -0.4 is 10.1 Å². The van der Waals surface area contributed by atoms with E-state index >= 15 is 0 Å². The molecule has 1 saturated heterocycles. The number of ether oxygens (including phenoxy) is 1. The van der Waals surface area contributed by atoms with Crippen molar-refractivity contribution in [1.82, 2.24) is 20.1 Å². The first-order valence-corrected chi connectivity index (χ1v) is 15.4. The average Bonchev–Trinajstić information content (AvgIpc) is 3.79. The van der Waals surface area contributed by atoms with Gasteiger partial charge in [-0.15, -0.1) is 11.3 Å². The standard InChI is InChI=1S/C32H31N5O6S/c1-19(14-27(38)33-2)29(39)36-13-10-20-6-5-9-25(43-21-11-12-35(16-21)32(42)26-15-34-18-44-26)28(20)24(36)17-37-30(40)22-7-3-4-8-23(22)31(37)41/h3-9,15,17-19,21,24H,10-14,16H2,1-2H3/p+1/t19-,21+,24-/m1/s1. The van der Waals surface area contributed by atoms with Gasteiger partial charge in [0.05, 0.1) is 18.3 Å². The first-order chi connectivity index (χ1) is 21.3. The SMILES string of the molecule is CNC(=O)C[C@@H](C)C(=O)N1CCc2cccc(O[C@H]3CCN(C(=O)c4cncs4)C3)c2[C@H]1C=[N+]1C(=O)c2ccccc2C1=O. The van der Waals surface area contributed by atoms with Crippen molar-refractivity contribution in [3.63, 3.8) is 0 Å². The van der Waals surface area contributed by atoms with Gasteiger partial charge in [-0.05, 0) is 30.2 Å². The molecule has 0 saturated carbocycles. The lowest BCUT2D eigenvalue weighted by atomic mass is 9.90. The van der Waals surface area contributed by atoms with E-state index in [0.717, 1.165) is 10.1 Å². The van der Waals surface area contributed by atoms with Crippen LogP contribution in [0.3, 0.4) is 0 Å². The number of aromatic nitrogens is 1. The number of hydrogen-bond acceptors (Lipinski definition) is 8. The number of carbonyl (C=O) groups is 5. The molecule has 6 rings (SSSR count). The highest BCUT2D eigenvalue weighted by Gasteiger charge is 2.45. The van der Waals surface area contributed by atoms with Crippen LogP contribution in [-0.4, -0.2) is 87.9 Å². The van der Waals surface area contributed by atoms with Gasteiger partial charge in [0.2, 0.25) is 11.8 Å². The molecule has 1 aromatic heterocycles. The van der Waals surface area contributed by atoms with Crippen LogP contribution in [-0.2, 0) is 16.0 Å². The largest absolute Gasteiger partial charge is 0.488 e. The minimum absolute atomic E-state index is 0.00225. The first-order valence-electron chi connectivity index (χ1n) is 14.6. The van der Waals surface area contributed by atoms with E-state index in [1.54, 1.807) is 52.7 Å². The molecule has 1 N–H and O–H groups in total. The summed E-state index contributed by atoms with van der Waals surface area (Å²) in [5.41, 5.74) is 3.84. The fourth-order valence-corrected chi connectivity index (χ4v) is 6.67. The summed E-state index contributed by atoms with van der Waals surface area (Å²) in [6.07, 6.45) is 3.92. The first kappa shape index (κ1) is 29.4. The van der Waals surface area contributed by atoms with Gasteiger partial charge in [-0.1, -0.05) is 35.8 Å². The van der Waals surface area contributed by atoms with E-state index in [-0.39, 0.29) is 30.2 Å². The minimum Gasteiger partial charge on any atom is -0.488 e. The molecule has 0 aliphatic carbocycles. The summed E-state index contributed by atoms with van der Waals surface area (Å²) in [5.74, 6) is -1.66. The molecule has 0 unspecified atom stereocenters. The number of thiazole rings is 1. The number of nitrogens with zero attached hydrogens (tertiary/aromatic N) is 4. The van der Waals surface area contributed by atoms with Crippen molar-refractivity contribution in [3.05, 3.63) is 81.3 Å². The van der Waals surface area contributed by atoms with Crippen LogP contribution in [0.2, 0.25) is 0 Å². The van der Waals surface area contributed by atoms with E-state index in [1.807, 2.05) is 18.2 Å². The molecule has 3 atom stereocenters. The smallest absolute Gasteiger partial charge is 0.428 e. The number of amides is 5. The molecule has 0 spiro atoms. The predicted molar refractivity (Wildman–Crippen MR) is 161 cm³/mol. The highest BCUT2D eigenvalue weighted by atomic mass is 32.1. The molecular weight excluding hydrogens is 582 g/mol. The number of benzene rings is 2. The third kappa shape index (κ3) is 5.41. The molecule has 226 valence electrons.